The molecule has 1 rings (SSSR count). The molecule has 3 nitrogen and oxygen atoms in total. The number of aromatic amines is 1. The summed E-state index contributed by atoms with van der Waals surface area (Å²) in [4.78, 5) is 4.10. The third-order valence-electron chi connectivity index (χ3n) is 1.03. The van der Waals surface area contributed by atoms with Gasteiger partial charge in [-0.3, -0.25) is 5.10 Å². The van der Waals surface area contributed by atoms with E-state index in [4.69, 9.17) is 0 Å². The van der Waals surface area contributed by atoms with Crippen molar-refractivity contribution in [2.45, 2.75) is 20.1 Å². The van der Waals surface area contributed by atoms with Gasteiger partial charge >= 0.3 is 0 Å². The Morgan fingerprint density at radius 2 is 2.44 bits per heavy atom. The van der Waals surface area contributed by atoms with Crippen LogP contribution in [0.1, 0.15) is 11.6 Å². The molecule has 1 heterocycles. The second kappa shape index (κ2) is 2.66. The Balaban J connectivity index is 2.61. The summed E-state index contributed by atoms with van der Waals surface area (Å²) in [5.74, 6) is 1.75. The smallest absolute Gasteiger partial charge is 0.142 e. The van der Waals surface area contributed by atoms with Gasteiger partial charge in [-0.05, 0) is 13.2 Å². The third-order valence-corrected chi connectivity index (χ3v) is 1.03. The van der Waals surface area contributed by atoms with Crippen LogP contribution in [-0.4, -0.2) is 22.5 Å². The van der Waals surface area contributed by atoms with Gasteiger partial charge in [0.25, 0.3) is 0 Å². The van der Waals surface area contributed by atoms with Crippen LogP contribution in [-0.2, 0) is 6.32 Å². The van der Waals surface area contributed by atoms with Gasteiger partial charge < -0.3 is 0 Å². The standard InChI is InChI=1S/C5H9BN3/c1-4-7-5(3-6-2)9-8-4/h3H2,1-2H3,(H,7,8,9). The van der Waals surface area contributed by atoms with Crippen LogP contribution in [0, 0.1) is 6.92 Å². The minimum absolute atomic E-state index is 0.852. The summed E-state index contributed by atoms with van der Waals surface area (Å²) < 4.78 is 0. The van der Waals surface area contributed by atoms with E-state index in [1.54, 1.807) is 0 Å². The number of hydrogen-bond donors (Lipinski definition) is 1. The topological polar surface area (TPSA) is 41.6 Å². The molecule has 1 N–H and O–H groups in total. The van der Waals surface area contributed by atoms with E-state index in [1.807, 2.05) is 21.0 Å². The zero-order chi connectivity index (χ0) is 6.69. The van der Waals surface area contributed by atoms with Gasteiger partial charge in [-0.1, -0.05) is 6.82 Å². The Kier molecular flexibility index (Phi) is 1.87. The molecule has 0 bridgehead atoms. The summed E-state index contributed by atoms with van der Waals surface area (Å²) in [6, 6.07) is 0. The second-order valence-corrected chi connectivity index (χ2v) is 1.95. The summed E-state index contributed by atoms with van der Waals surface area (Å²) >= 11 is 0. The molecule has 0 unspecified atom stereocenters. The fraction of sp³-hybridized carbons (Fsp3) is 0.600. The van der Waals surface area contributed by atoms with Crippen LogP contribution in [0.2, 0.25) is 6.82 Å². The SMILES string of the molecule is C[B]Cc1n[nH]c(C)n1. The van der Waals surface area contributed by atoms with Crippen LogP contribution in [0.25, 0.3) is 0 Å². The minimum atomic E-state index is 0.852. The minimum Gasteiger partial charge on any atom is -0.263 e. The number of hydrogen-bond acceptors (Lipinski definition) is 2. The number of nitrogens with zero attached hydrogens (tertiary/aromatic N) is 2. The first kappa shape index (κ1) is 6.33. The molecule has 1 aromatic rings. The average molecular weight is 122 g/mol. The van der Waals surface area contributed by atoms with Gasteiger partial charge in [-0.2, -0.15) is 5.10 Å². The third kappa shape index (κ3) is 1.55. The Bertz CT molecular complexity index is 184. The molecule has 0 saturated carbocycles. The molecule has 0 spiro atoms. The van der Waals surface area contributed by atoms with E-state index in [0.29, 0.717) is 0 Å². The highest BCUT2D eigenvalue weighted by atomic mass is 15.2. The fourth-order valence-corrected chi connectivity index (χ4v) is 0.663. The first-order chi connectivity index (χ1) is 4.33. The molecule has 9 heavy (non-hydrogen) atoms. The summed E-state index contributed by atoms with van der Waals surface area (Å²) in [5.41, 5.74) is 0. The predicted octanol–water partition coefficient (Wildman–Crippen LogP) is 0.365. The molecule has 1 aromatic heterocycles. The first-order valence-corrected chi connectivity index (χ1v) is 2.98. The number of aromatic nitrogens is 3. The van der Waals surface area contributed by atoms with Crippen LogP contribution in [0.3, 0.4) is 0 Å². The average Bonchev–Trinajstić information content (AvgIpc) is 2.17. The van der Waals surface area contributed by atoms with Crippen molar-refractivity contribution in [1.82, 2.24) is 15.2 Å². The highest BCUT2D eigenvalue weighted by molar-refractivity contribution is 6.32. The molecule has 1 radical (unpaired) electrons. The maximum atomic E-state index is 4.10. The van der Waals surface area contributed by atoms with Crippen LogP contribution in [0.15, 0.2) is 0 Å². The highest BCUT2D eigenvalue weighted by Gasteiger charge is 1.95. The van der Waals surface area contributed by atoms with E-state index in [1.165, 1.54) is 0 Å². The number of rotatable bonds is 2. The molecule has 0 aliphatic carbocycles. The van der Waals surface area contributed by atoms with E-state index in [9.17, 15) is 0 Å². The summed E-state index contributed by atoms with van der Waals surface area (Å²) in [5, 5.41) is 6.71. The second-order valence-electron chi connectivity index (χ2n) is 1.95. The molecule has 47 valence electrons. The Morgan fingerprint density at radius 1 is 1.67 bits per heavy atom. The normalized spacial score (nSPS) is 9.56. The lowest BCUT2D eigenvalue weighted by atomic mass is 9.78. The van der Waals surface area contributed by atoms with E-state index < -0.39 is 0 Å². The van der Waals surface area contributed by atoms with Crippen molar-refractivity contribution < 1.29 is 0 Å². The van der Waals surface area contributed by atoms with Gasteiger partial charge in [-0.15, -0.1) is 0 Å². The zero-order valence-electron chi connectivity index (χ0n) is 5.68. The van der Waals surface area contributed by atoms with Gasteiger partial charge in [-0.25, -0.2) is 4.98 Å². The number of aryl methyl sites for hydroxylation is 1. The maximum absolute atomic E-state index is 4.10. The highest BCUT2D eigenvalue weighted by Crippen LogP contribution is 1.89. The van der Waals surface area contributed by atoms with Gasteiger partial charge in [0.1, 0.15) is 18.9 Å². The van der Waals surface area contributed by atoms with Crippen LogP contribution < -0.4 is 0 Å². The van der Waals surface area contributed by atoms with Crippen LogP contribution in [0.5, 0.6) is 0 Å². The van der Waals surface area contributed by atoms with Crippen molar-refractivity contribution in [3.8, 4) is 0 Å². The Hall–Kier alpha value is -0.795. The van der Waals surface area contributed by atoms with Gasteiger partial charge in [0.15, 0.2) is 0 Å². The fourth-order valence-electron chi connectivity index (χ4n) is 0.663. The van der Waals surface area contributed by atoms with E-state index in [-0.39, 0.29) is 0 Å². The summed E-state index contributed by atoms with van der Waals surface area (Å²) in [6.07, 6.45) is 0.852. The van der Waals surface area contributed by atoms with Crippen molar-refractivity contribution in [2.75, 3.05) is 0 Å². The molecule has 0 amide bonds. The molecule has 0 aliphatic heterocycles. The largest absolute Gasteiger partial charge is 0.263 e. The Labute approximate surface area is 55.1 Å². The Morgan fingerprint density at radius 3 is 2.89 bits per heavy atom. The molecule has 0 saturated heterocycles. The molecule has 0 aliphatic rings. The number of H-pyrrole nitrogens is 1. The molecule has 4 heteroatoms. The zero-order valence-corrected chi connectivity index (χ0v) is 5.68. The predicted molar refractivity (Wildman–Crippen MR) is 36.4 cm³/mol. The lowest BCUT2D eigenvalue weighted by Gasteiger charge is -1.81. The van der Waals surface area contributed by atoms with E-state index in [2.05, 4.69) is 15.2 Å². The molecular weight excluding hydrogens is 113 g/mol. The quantitative estimate of drug-likeness (QED) is 0.575. The molecular formula is C5H9BN3. The summed E-state index contributed by atoms with van der Waals surface area (Å²) in [7, 11) is 2.03. The van der Waals surface area contributed by atoms with Crippen molar-refractivity contribution in [3.63, 3.8) is 0 Å². The lowest BCUT2D eigenvalue weighted by Crippen LogP contribution is -1.93. The lowest BCUT2D eigenvalue weighted by molar-refractivity contribution is 1.01. The summed E-state index contributed by atoms with van der Waals surface area (Å²) in [6.45, 7) is 3.89. The first-order valence-electron chi connectivity index (χ1n) is 2.98. The monoisotopic (exact) mass is 122 g/mol. The van der Waals surface area contributed by atoms with Crippen molar-refractivity contribution in [2.24, 2.45) is 0 Å². The van der Waals surface area contributed by atoms with Gasteiger partial charge in [0.05, 0.1) is 0 Å². The maximum Gasteiger partial charge on any atom is 0.142 e. The van der Waals surface area contributed by atoms with E-state index >= 15 is 0 Å². The van der Waals surface area contributed by atoms with Crippen molar-refractivity contribution in [1.29, 1.82) is 0 Å². The molecule has 0 aromatic carbocycles. The molecule has 0 atom stereocenters. The van der Waals surface area contributed by atoms with Gasteiger partial charge in [0.2, 0.25) is 0 Å². The molecule has 0 fully saturated rings. The van der Waals surface area contributed by atoms with Crippen molar-refractivity contribution >= 4 is 7.28 Å². The van der Waals surface area contributed by atoms with Crippen molar-refractivity contribution in [3.05, 3.63) is 11.6 Å². The van der Waals surface area contributed by atoms with E-state index in [0.717, 1.165) is 18.0 Å². The number of nitrogens with one attached hydrogen (secondary N) is 1. The van der Waals surface area contributed by atoms with Gasteiger partial charge in [0, 0.05) is 0 Å². The van der Waals surface area contributed by atoms with Crippen LogP contribution >= 0.6 is 0 Å². The van der Waals surface area contributed by atoms with Crippen LogP contribution in [0.4, 0.5) is 0 Å².